The molecule has 2 aromatic heterocycles. The van der Waals surface area contributed by atoms with Gasteiger partial charge in [-0.25, -0.2) is 0 Å². The molecular formula is C30H36Cl2N10O3. The number of aliphatic hydroxyl groups excluding tert-OH is 1. The fourth-order valence-electron chi connectivity index (χ4n) is 4.90. The van der Waals surface area contributed by atoms with Gasteiger partial charge in [-0.15, -0.1) is 0 Å². The third-order valence-electron chi connectivity index (χ3n) is 6.97. The van der Waals surface area contributed by atoms with Crippen molar-refractivity contribution in [2.75, 3.05) is 47.6 Å². The lowest BCUT2D eigenvalue weighted by Gasteiger charge is -2.29. The summed E-state index contributed by atoms with van der Waals surface area (Å²) in [6, 6.07) is 15.1. The first-order chi connectivity index (χ1) is 21.9. The van der Waals surface area contributed by atoms with E-state index in [0.29, 0.717) is 59.5 Å². The van der Waals surface area contributed by atoms with Gasteiger partial charge in [0.05, 0.1) is 19.8 Å². The van der Waals surface area contributed by atoms with Crippen LogP contribution in [0, 0.1) is 5.92 Å². The zero-order valence-electron chi connectivity index (χ0n) is 24.8. The Bertz CT molecular complexity index is 1520. The highest BCUT2D eigenvalue weighted by molar-refractivity contribution is 6.30. The Kier molecular flexibility index (Phi) is 11.6. The molecule has 0 radical (unpaired) electrons. The monoisotopic (exact) mass is 654 g/mol. The number of rotatable bonds is 15. The third-order valence-corrected chi connectivity index (χ3v) is 7.48. The maximum Gasteiger partial charge on any atom is 0.323 e. The Morgan fingerprint density at radius 1 is 0.756 bits per heavy atom. The summed E-state index contributed by atoms with van der Waals surface area (Å²) in [7, 11) is 0. The molecule has 1 aliphatic rings. The van der Waals surface area contributed by atoms with E-state index in [0.717, 1.165) is 43.5 Å². The molecule has 5 rings (SSSR count). The van der Waals surface area contributed by atoms with Gasteiger partial charge in [-0.1, -0.05) is 36.0 Å². The molecule has 0 spiro atoms. The van der Waals surface area contributed by atoms with Gasteiger partial charge in [0, 0.05) is 34.0 Å². The van der Waals surface area contributed by atoms with Gasteiger partial charge in [0.2, 0.25) is 23.8 Å². The molecule has 0 aliphatic heterocycles. The average Bonchev–Trinajstić information content (AvgIpc) is 3.02. The summed E-state index contributed by atoms with van der Waals surface area (Å²) in [6.45, 7) is 3.00. The highest BCUT2D eigenvalue weighted by atomic mass is 35.5. The van der Waals surface area contributed by atoms with Crippen LogP contribution in [-0.2, 0) is 0 Å². The van der Waals surface area contributed by atoms with Crippen LogP contribution in [0.5, 0.6) is 12.0 Å². The van der Waals surface area contributed by atoms with Crippen LogP contribution < -0.4 is 30.7 Å². The van der Waals surface area contributed by atoms with Crippen molar-refractivity contribution in [3.05, 3.63) is 58.6 Å². The number of nitrogens with zero attached hydrogens (tertiary/aromatic N) is 6. The highest BCUT2D eigenvalue weighted by Crippen LogP contribution is 2.29. The quantitative estimate of drug-likeness (QED) is 0.1000. The molecule has 1 aliphatic carbocycles. The second-order valence-electron chi connectivity index (χ2n) is 10.4. The maximum absolute atomic E-state index is 9.22. The molecule has 0 amide bonds. The standard InChI is InChI=1S/C30H36Cl2N10O3/c1-2-44-29-40-27(35-23-12-8-21(32)9-13-23)38-28(41-29)36-24-5-3-4-19(18-24)14-17-45-30-39-25(33-15-16-43)37-26(42-30)34-22-10-6-20(31)7-11-22/h6-13,19,24,43H,2-5,14-18H2,1H3,(H2,33,34,37,39,42)(H2,35,36,38,40,41). The molecule has 5 N–H and O–H groups in total. The van der Waals surface area contributed by atoms with Crippen molar-refractivity contribution in [3.63, 3.8) is 0 Å². The predicted molar refractivity (Wildman–Crippen MR) is 175 cm³/mol. The van der Waals surface area contributed by atoms with Crippen molar-refractivity contribution < 1.29 is 14.6 Å². The molecule has 15 heteroatoms. The van der Waals surface area contributed by atoms with Crippen molar-refractivity contribution in [2.24, 2.45) is 5.92 Å². The zero-order chi connectivity index (χ0) is 31.4. The van der Waals surface area contributed by atoms with Gasteiger partial charge < -0.3 is 35.8 Å². The van der Waals surface area contributed by atoms with E-state index < -0.39 is 0 Å². The Morgan fingerprint density at radius 3 is 1.96 bits per heavy atom. The Labute approximate surface area is 271 Å². The van der Waals surface area contributed by atoms with E-state index in [-0.39, 0.29) is 24.7 Å². The summed E-state index contributed by atoms with van der Waals surface area (Å²) in [6.07, 6.45) is 4.92. The summed E-state index contributed by atoms with van der Waals surface area (Å²) < 4.78 is 11.6. The molecule has 2 atom stereocenters. The molecule has 0 saturated heterocycles. The van der Waals surface area contributed by atoms with Crippen molar-refractivity contribution in [1.82, 2.24) is 29.9 Å². The first kappa shape index (κ1) is 32.2. The first-order valence-electron chi connectivity index (χ1n) is 14.9. The molecule has 2 aromatic carbocycles. The fraction of sp³-hybridized carbons (Fsp3) is 0.400. The molecule has 45 heavy (non-hydrogen) atoms. The molecule has 2 heterocycles. The van der Waals surface area contributed by atoms with Crippen LogP contribution in [0.4, 0.5) is 35.2 Å². The lowest BCUT2D eigenvalue weighted by atomic mass is 9.84. The van der Waals surface area contributed by atoms with E-state index in [1.807, 2.05) is 31.2 Å². The molecule has 2 unspecified atom stereocenters. The molecule has 1 saturated carbocycles. The second kappa shape index (κ2) is 16.2. The van der Waals surface area contributed by atoms with Crippen LogP contribution in [0.1, 0.15) is 39.0 Å². The predicted octanol–water partition coefficient (Wildman–Crippen LogP) is 6.09. The number of hydrogen-bond donors (Lipinski definition) is 5. The van der Waals surface area contributed by atoms with Gasteiger partial charge in [0.25, 0.3) is 0 Å². The van der Waals surface area contributed by atoms with Crippen molar-refractivity contribution >= 4 is 58.4 Å². The normalized spacial score (nSPS) is 16.1. The van der Waals surface area contributed by atoms with Crippen LogP contribution >= 0.6 is 23.2 Å². The largest absolute Gasteiger partial charge is 0.464 e. The van der Waals surface area contributed by atoms with Crippen LogP contribution in [0.15, 0.2) is 48.5 Å². The minimum Gasteiger partial charge on any atom is -0.464 e. The van der Waals surface area contributed by atoms with Crippen LogP contribution in [0.3, 0.4) is 0 Å². The molecule has 13 nitrogen and oxygen atoms in total. The van der Waals surface area contributed by atoms with Gasteiger partial charge in [-0.2, -0.15) is 29.9 Å². The molecular weight excluding hydrogens is 619 g/mol. The summed E-state index contributed by atoms with van der Waals surface area (Å²) in [5.41, 5.74) is 1.57. The van der Waals surface area contributed by atoms with Crippen molar-refractivity contribution in [2.45, 2.75) is 45.1 Å². The minimum absolute atomic E-state index is 0.0592. The first-order valence-corrected chi connectivity index (χ1v) is 15.7. The van der Waals surface area contributed by atoms with E-state index in [1.165, 1.54) is 0 Å². The van der Waals surface area contributed by atoms with Crippen LogP contribution in [-0.4, -0.2) is 67.4 Å². The number of aromatic nitrogens is 6. The Morgan fingerprint density at radius 2 is 1.33 bits per heavy atom. The molecule has 1 fully saturated rings. The van der Waals surface area contributed by atoms with Gasteiger partial charge >= 0.3 is 12.0 Å². The second-order valence-corrected chi connectivity index (χ2v) is 11.3. The van der Waals surface area contributed by atoms with Crippen molar-refractivity contribution in [1.29, 1.82) is 0 Å². The topological polar surface area (TPSA) is 164 Å². The van der Waals surface area contributed by atoms with Gasteiger partial charge in [0.1, 0.15) is 0 Å². The van der Waals surface area contributed by atoms with Crippen molar-refractivity contribution in [3.8, 4) is 12.0 Å². The smallest absolute Gasteiger partial charge is 0.323 e. The summed E-state index contributed by atoms with van der Waals surface area (Å²) in [4.78, 5) is 26.6. The third kappa shape index (κ3) is 10.2. The zero-order valence-corrected chi connectivity index (χ0v) is 26.4. The van der Waals surface area contributed by atoms with E-state index in [9.17, 15) is 5.11 Å². The molecule has 0 bridgehead atoms. The number of benzene rings is 2. The van der Waals surface area contributed by atoms with E-state index >= 15 is 0 Å². The lowest BCUT2D eigenvalue weighted by Crippen LogP contribution is -2.29. The number of nitrogens with one attached hydrogen (secondary N) is 4. The fourth-order valence-corrected chi connectivity index (χ4v) is 5.15. The van der Waals surface area contributed by atoms with E-state index in [1.54, 1.807) is 24.3 Å². The Hall–Kier alpha value is -4.20. The van der Waals surface area contributed by atoms with Crippen LogP contribution in [0.25, 0.3) is 0 Å². The SMILES string of the molecule is CCOc1nc(Nc2ccc(Cl)cc2)nc(NC2CCCC(CCOc3nc(NCCO)nc(Nc4ccc(Cl)cc4)n3)C2)n1. The van der Waals surface area contributed by atoms with E-state index in [4.69, 9.17) is 32.7 Å². The maximum atomic E-state index is 9.22. The average molecular weight is 656 g/mol. The number of hydrogen-bond acceptors (Lipinski definition) is 13. The van der Waals surface area contributed by atoms with Crippen LogP contribution in [0.2, 0.25) is 10.0 Å². The minimum atomic E-state index is -0.0592. The number of ether oxygens (including phenoxy) is 2. The van der Waals surface area contributed by atoms with E-state index in [2.05, 4.69) is 51.2 Å². The highest BCUT2D eigenvalue weighted by Gasteiger charge is 2.23. The molecule has 238 valence electrons. The number of aliphatic hydroxyl groups is 1. The molecule has 4 aromatic rings. The van der Waals surface area contributed by atoms with Gasteiger partial charge in [-0.3, -0.25) is 0 Å². The summed E-state index contributed by atoms with van der Waals surface area (Å²) in [5, 5.41) is 23.3. The number of halogens is 2. The van der Waals surface area contributed by atoms with Gasteiger partial charge in [0.15, 0.2) is 0 Å². The lowest BCUT2D eigenvalue weighted by molar-refractivity contribution is 0.227. The van der Waals surface area contributed by atoms with Gasteiger partial charge in [-0.05, 0) is 80.6 Å². The summed E-state index contributed by atoms with van der Waals surface area (Å²) in [5.74, 6) is 1.89. The summed E-state index contributed by atoms with van der Waals surface area (Å²) >= 11 is 12.0. The number of anilines is 6. The Balaban J connectivity index is 1.18.